The molecule has 0 spiro atoms. The van der Waals surface area contributed by atoms with E-state index in [1.165, 1.54) is 11.3 Å². The number of nitrogens with one attached hydrogen (secondary N) is 1. The first-order valence-corrected chi connectivity index (χ1v) is 7.42. The Hall–Kier alpha value is -1.13. The number of halogens is 1. The molecule has 19 heavy (non-hydrogen) atoms. The lowest BCUT2D eigenvalue weighted by Crippen LogP contribution is -2.13. The third-order valence-electron chi connectivity index (χ3n) is 3.28. The van der Waals surface area contributed by atoms with Crippen molar-refractivity contribution in [1.82, 2.24) is 14.9 Å². The molecule has 0 aliphatic rings. The Bertz CT molecular complexity index is 561. The summed E-state index contributed by atoms with van der Waals surface area (Å²) in [5, 5.41) is 3.41. The molecule has 4 heteroatoms. The van der Waals surface area contributed by atoms with Gasteiger partial charge in [-0.2, -0.15) is 0 Å². The molecule has 0 saturated carbocycles. The first-order chi connectivity index (χ1) is 9.13. The molecule has 0 radical (unpaired) electrons. The van der Waals surface area contributed by atoms with Crippen LogP contribution in [0.4, 0.5) is 0 Å². The Kier molecular flexibility index (Phi) is 4.77. The fraction of sp³-hybridized carbons (Fsp3) is 0.400. The number of aromatic nitrogens is 2. The van der Waals surface area contributed by atoms with Crippen molar-refractivity contribution in [3.05, 3.63) is 46.0 Å². The Labute approximate surface area is 123 Å². The molecule has 1 N–H and O–H groups in total. The maximum Gasteiger partial charge on any atom is 0.0997 e. The normalized spacial score (nSPS) is 10.9. The third kappa shape index (κ3) is 3.25. The second kappa shape index (κ2) is 6.35. The van der Waals surface area contributed by atoms with Crippen LogP contribution in [-0.2, 0) is 6.54 Å². The maximum atomic E-state index is 4.35. The van der Waals surface area contributed by atoms with Crippen molar-refractivity contribution in [3.63, 3.8) is 0 Å². The van der Waals surface area contributed by atoms with Gasteiger partial charge in [0.15, 0.2) is 0 Å². The van der Waals surface area contributed by atoms with Crippen molar-refractivity contribution >= 4 is 15.9 Å². The van der Waals surface area contributed by atoms with Crippen molar-refractivity contribution in [2.75, 3.05) is 6.54 Å². The quantitative estimate of drug-likeness (QED) is 0.850. The Morgan fingerprint density at radius 1 is 1.32 bits per heavy atom. The van der Waals surface area contributed by atoms with E-state index in [1.54, 1.807) is 0 Å². The minimum atomic E-state index is 0.911. The van der Waals surface area contributed by atoms with Gasteiger partial charge in [0.25, 0.3) is 0 Å². The van der Waals surface area contributed by atoms with Crippen LogP contribution in [0.3, 0.4) is 0 Å². The van der Waals surface area contributed by atoms with Gasteiger partial charge in [0.2, 0.25) is 0 Å². The molecule has 0 fully saturated rings. The molecule has 0 bridgehead atoms. The van der Waals surface area contributed by atoms with E-state index in [9.17, 15) is 0 Å². The van der Waals surface area contributed by atoms with E-state index < -0.39 is 0 Å². The van der Waals surface area contributed by atoms with Crippen molar-refractivity contribution in [2.45, 2.75) is 33.7 Å². The van der Waals surface area contributed by atoms with E-state index in [0.717, 1.165) is 35.4 Å². The first kappa shape index (κ1) is 14.3. The molecule has 0 saturated heterocycles. The molecule has 2 aromatic rings. The largest absolute Gasteiger partial charge is 0.313 e. The predicted molar refractivity (Wildman–Crippen MR) is 82.7 cm³/mol. The van der Waals surface area contributed by atoms with Gasteiger partial charge in [0, 0.05) is 16.7 Å². The summed E-state index contributed by atoms with van der Waals surface area (Å²) in [6.45, 7) is 8.26. The van der Waals surface area contributed by atoms with E-state index in [1.807, 2.05) is 13.3 Å². The molecule has 0 aliphatic carbocycles. The van der Waals surface area contributed by atoms with Gasteiger partial charge in [-0.15, -0.1) is 0 Å². The predicted octanol–water partition coefficient (Wildman–Crippen LogP) is 3.75. The summed E-state index contributed by atoms with van der Waals surface area (Å²) in [4.78, 5) is 4.35. The van der Waals surface area contributed by atoms with Gasteiger partial charge in [-0.3, -0.25) is 0 Å². The highest BCUT2D eigenvalue weighted by Crippen LogP contribution is 2.24. The van der Waals surface area contributed by atoms with E-state index in [-0.39, 0.29) is 0 Å². The van der Waals surface area contributed by atoms with Crippen LogP contribution in [0.15, 0.2) is 29.0 Å². The van der Waals surface area contributed by atoms with Crippen LogP contribution < -0.4 is 5.32 Å². The molecule has 3 nitrogen and oxygen atoms in total. The number of imidazole rings is 1. The van der Waals surface area contributed by atoms with Crippen LogP contribution in [-0.4, -0.2) is 16.1 Å². The van der Waals surface area contributed by atoms with Gasteiger partial charge < -0.3 is 9.88 Å². The van der Waals surface area contributed by atoms with Gasteiger partial charge in [0.1, 0.15) is 0 Å². The van der Waals surface area contributed by atoms with E-state index in [0.29, 0.717) is 0 Å². The zero-order valence-corrected chi connectivity index (χ0v) is 13.3. The highest BCUT2D eigenvalue weighted by Gasteiger charge is 2.08. The molecule has 0 amide bonds. The average Bonchev–Trinajstić information content (AvgIpc) is 2.71. The van der Waals surface area contributed by atoms with Crippen molar-refractivity contribution in [1.29, 1.82) is 0 Å². The lowest BCUT2D eigenvalue weighted by molar-refractivity contribution is 0.675. The highest BCUT2D eigenvalue weighted by atomic mass is 79.9. The average molecular weight is 322 g/mol. The highest BCUT2D eigenvalue weighted by molar-refractivity contribution is 9.10. The first-order valence-electron chi connectivity index (χ1n) is 6.63. The molecular formula is C15H20BrN3. The van der Waals surface area contributed by atoms with Crippen LogP contribution in [0.2, 0.25) is 0 Å². The fourth-order valence-corrected chi connectivity index (χ4v) is 2.62. The molecule has 0 atom stereocenters. The van der Waals surface area contributed by atoms with E-state index in [2.05, 4.69) is 62.8 Å². The molecule has 0 unspecified atom stereocenters. The maximum absolute atomic E-state index is 4.35. The molecule has 0 aliphatic heterocycles. The number of nitrogens with zero attached hydrogens (tertiary/aromatic N) is 2. The topological polar surface area (TPSA) is 29.9 Å². The van der Waals surface area contributed by atoms with E-state index in [4.69, 9.17) is 0 Å². The monoisotopic (exact) mass is 321 g/mol. The second-order valence-corrected chi connectivity index (χ2v) is 5.60. The van der Waals surface area contributed by atoms with Gasteiger partial charge in [-0.25, -0.2) is 4.98 Å². The number of aryl methyl sites for hydroxylation is 1. The fourth-order valence-electron chi connectivity index (χ4n) is 2.01. The summed E-state index contributed by atoms with van der Waals surface area (Å²) in [6, 6.07) is 6.48. The van der Waals surface area contributed by atoms with Crippen LogP contribution in [0.1, 0.15) is 30.3 Å². The van der Waals surface area contributed by atoms with Crippen molar-refractivity contribution in [3.8, 4) is 5.69 Å². The number of benzene rings is 1. The summed E-state index contributed by atoms with van der Waals surface area (Å²) in [7, 11) is 0. The molecule has 1 aromatic carbocycles. The molecular weight excluding hydrogens is 302 g/mol. The lowest BCUT2D eigenvalue weighted by Gasteiger charge is -2.10. The summed E-state index contributed by atoms with van der Waals surface area (Å²) in [5.41, 5.74) is 4.68. The minimum absolute atomic E-state index is 0.911. The molecule has 102 valence electrons. The molecule has 1 heterocycles. The Morgan fingerprint density at radius 3 is 2.68 bits per heavy atom. The molecule has 1 aromatic heterocycles. The zero-order valence-electron chi connectivity index (χ0n) is 11.7. The standard InChI is InChI=1S/C15H20BrN3/c1-4-7-17-9-13-5-6-15(14(16)8-13)19-10-18-11(2)12(19)3/h5-6,8,10,17H,4,7,9H2,1-3H3. The number of hydrogen-bond donors (Lipinski definition) is 1. The van der Waals surface area contributed by atoms with Gasteiger partial charge in [-0.1, -0.05) is 13.0 Å². The zero-order chi connectivity index (χ0) is 13.8. The summed E-state index contributed by atoms with van der Waals surface area (Å²) in [6.07, 6.45) is 3.03. The Morgan fingerprint density at radius 2 is 2.11 bits per heavy atom. The van der Waals surface area contributed by atoms with Crippen LogP contribution in [0.25, 0.3) is 5.69 Å². The summed E-state index contributed by atoms with van der Waals surface area (Å²) < 4.78 is 3.21. The van der Waals surface area contributed by atoms with Crippen LogP contribution in [0, 0.1) is 13.8 Å². The smallest absolute Gasteiger partial charge is 0.0997 e. The molecule has 2 rings (SSSR count). The van der Waals surface area contributed by atoms with Crippen molar-refractivity contribution < 1.29 is 0 Å². The summed E-state index contributed by atoms with van der Waals surface area (Å²) >= 11 is 3.66. The SMILES string of the molecule is CCCNCc1ccc(-n2cnc(C)c2C)c(Br)c1. The van der Waals surface area contributed by atoms with Gasteiger partial charge >= 0.3 is 0 Å². The Balaban J connectivity index is 2.22. The number of rotatable bonds is 5. The van der Waals surface area contributed by atoms with Crippen molar-refractivity contribution in [2.24, 2.45) is 0 Å². The second-order valence-electron chi connectivity index (χ2n) is 4.75. The van der Waals surface area contributed by atoms with E-state index >= 15 is 0 Å². The van der Waals surface area contributed by atoms with Crippen LogP contribution >= 0.6 is 15.9 Å². The number of hydrogen-bond acceptors (Lipinski definition) is 2. The van der Waals surface area contributed by atoms with Gasteiger partial charge in [-0.05, 0) is 60.4 Å². The third-order valence-corrected chi connectivity index (χ3v) is 3.91. The van der Waals surface area contributed by atoms with Crippen LogP contribution in [0.5, 0.6) is 0 Å². The van der Waals surface area contributed by atoms with Gasteiger partial charge in [0.05, 0.1) is 17.7 Å². The lowest BCUT2D eigenvalue weighted by atomic mass is 10.2. The summed E-state index contributed by atoms with van der Waals surface area (Å²) in [5.74, 6) is 0. The minimum Gasteiger partial charge on any atom is -0.313 e.